The molecule has 0 bridgehead atoms. The predicted molar refractivity (Wildman–Crippen MR) is 143 cm³/mol. The first kappa shape index (κ1) is 22.1. The molecule has 0 spiro atoms. The van der Waals surface area contributed by atoms with Gasteiger partial charge in [-0.2, -0.15) is 0 Å². The van der Waals surface area contributed by atoms with Crippen molar-refractivity contribution in [2.45, 2.75) is 11.3 Å². The fourth-order valence-corrected chi connectivity index (χ4v) is 5.46. The van der Waals surface area contributed by atoms with E-state index < -0.39 is 0 Å². The van der Waals surface area contributed by atoms with Crippen LogP contribution in [0.5, 0.6) is 5.75 Å². The number of anilines is 1. The van der Waals surface area contributed by atoms with Crippen molar-refractivity contribution in [1.29, 1.82) is 0 Å². The van der Waals surface area contributed by atoms with Crippen molar-refractivity contribution < 1.29 is 9.90 Å². The second-order valence-corrected chi connectivity index (χ2v) is 10.1. The summed E-state index contributed by atoms with van der Waals surface area (Å²) in [5.74, 6) is 0.427. The standard InChI is InChI=1S/C27H21N3O2S2/c1-17-6-9-19(10-7-17)29-26(32)16-33-27-30-23-12-11-20(14-25(23)34-27)28-15-22-21-5-3-2-4-18(21)8-13-24(22)31/h2-15,31H,16H2,1H3,(H,29,32). The Hall–Kier alpha value is -3.68. The van der Waals surface area contributed by atoms with Crippen molar-refractivity contribution in [2.75, 3.05) is 11.1 Å². The molecule has 0 aliphatic heterocycles. The molecule has 0 saturated carbocycles. The van der Waals surface area contributed by atoms with Gasteiger partial charge in [0.25, 0.3) is 0 Å². The maximum atomic E-state index is 12.3. The van der Waals surface area contributed by atoms with Gasteiger partial charge in [-0.3, -0.25) is 9.79 Å². The minimum Gasteiger partial charge on any atom is -0.507 e. The smallest absolute Gasteiger partial charge is 0.234 e. The zero-order valence-corrected chi connectivity index (χ0v) is 20.0. The van der Waals surface area contributed by atoms with E-state index in [0.717, 1.165) is 42.3 Å². The number of thioether (sulfide) groups is 1. The van der Waals surface area contributed by atoms with Crippen LogP contribution in [0.4, 0.5) is 11.4 Å². The van der Waals surface area contributed by atoms with Crippen LogP contribution in [0.15, 0.2) is 88.2 Å². The maximum Gasteiger partial charge on any atom is 0.234 e. The van der Waals surface area contributed by atoms with Crippen LogP contribution in [0.2, 0.25) is 0 Å². The number of thiazole rings is 1. The number of carbonyl (C=O) groups is 1. The lowest BCUT2D eigenvalue weighted by molar-refractivity contribution is -0.113. The van der Waals surface area contributed by atoms with Gasteiger partial charge in [0.05, 0.1) is 21.7 Å². The van der Waals surface area contributed by atoms with Crippen LogP contribution in [0.3, 0.4) is 0 Å². The number of aryl methyl sites for hydroxylation is 1. The van der Waals surface area contributed by atoms with E-state index in [-0.39, 0.29) is 11.7 Å². The lowest BCUT2D eigenvalue weighted by Crippen LogP contribution is -2.13. The van der Waals surface area contributed by atoms with Gasteiger partial charge in [-0.15, -0.1) is 11.3 Å². The van der Waals surface area contributed by atoms with Gasteiger partial charge in [0.1, 0.15) is 5.75 Å². The van der Waals surface area contributed by atoms with Crippen LogP contribution >= 0.6 is 23.1 Å². The molecule has 168 valence electrons. The summed E-state index contributed by atoms with van der Waals surface area (Å²) < 4.78 is 1.83. The van der Waals surface area contributed by atoms with Crippen LogP contribution in [0, 0.1) is 6.92 Å². The Kier molecular flexibility index (Phi) is 6.29. The Morgan fingerprint density at radius 3 is 2.76 bits per heavy atom. The summed E-state index contributed by atoms with van der Waals surface area (Å²) in [4.78, 5) is 21.5. The van der Waals surface area contributed by atoms with Crippen molar-refractivity contribution in [3.63, 3.8) is 0 Å². The molecule has 0 unspecified atom stereocenters. The van der Waals surface area contributed by atoms with Crippen LogP contribution in [0.1, 0.15) is 11.1 Å². The van der Waals surface area contributed by atoms with Gasteiger partial charge >= 0.3 is 0 Å². The van der Waals surface area contributed by atoms with E-state index in [1.807, 2.05) is 79.7 Å². The lowest BCUT2D eigenvalue weighted by Gasteiger charge is -2.04. The molecule has 0 saturated heterocycles. The summed E-state index contributed by atoms with van der Waals surface area (Å²) in [7, 11) is 0. The largest absolute Gasteiger partial charge is 0.507 e. The average molecular weight is 484 g/mol. The Morgan fingerprint density at radius 2 is 1.91 bits per heavy atom. The van der Waals surface area contributed by atoms with Crippen LogP contribution in [-0.2, 0) is 4.79 Å². The van der Waals surface area contributed by atoms with Gasteiger partial charge < -0.3 is 10.4 Å². The van der Waals surface area contributed by atoms with Gasteiger partial charge in [-0.1, -0.05) is 59.8 Å². The molecule has 1 aromatic heterocycles. The summed E-state index contributed by atoms with van der Waals surface area (Å²) >= 11 is 2.96. The van der Waals surface area contributed by atoms with Gasteiger partial charge in [-0.25, -0.2) is 4.98 Å². The second kappa shape index (κ2) is 9.67. The van der Waals surface area contributed by atoms with Crippen molar-refractivity contribution in [2.24, 2.45) is 4.99 Å². The highest BCUT2D eigenvalue weighted by molar-refractivity contribution is 8.01. The third-order valence-corrected chi connectivity index (χ3v) is 7.47. The lowest BCUT2D eigenvalue weighted by atomic mass is 10.0. The number of benzene rings is 4. The Balaban J connectivity index is 1.29. The number of phenols is 1. The molecular formula is C27H21N3O2S2. The number of fused-ring (bicyclic) bond motifs is 2. The number of phenolic OH excluding ortho intramolecular Hbond substituents is 1. The first-order chi connectivity index (χ1) is 16.5. The average Bonchev–Trinajstić information content (AvgIpc) is 3.26. The number of aromatic nitrogens is 1. The third-order valence-electron chi connectivity index (χ3n) is 5.30. The molecule has 7 heteroatoms. The molecule has 2 N–H and O–H groups in total. The number of aromatic hydroxyl groups is 1. The highest BCUT2D eigenvalue weighted by Gasteiger charge is 2.09. The van der Waals surface area contributed by atoms with E-state index in [1.54, 1.807) is 12.3 Å². The van der Waals surface area contributed by atoms with Gasteiger partial charge in [-0.05, 0) is 54.1 Å². The fraction of sp³-hybridized carbons (Fsp3) is 0.0741. The molecule has 0 aliphatic carbocycles. The van der Waals surface area contributed by atoms with E-state index in [1.165, 1.54) is 23.1 Å². The SMILES string of the molecule is Cc1ccc(NC(=O)CSc2nc3ccc(N=Cc4c(O)ccc5ccccc45)cc3s2)cc1. The first-order valence-corrected chi connectivity index (χ1v) is 12.5. The monoisotopic (exact) mass is 483 g/mol. The quantitative estimate of drug-likeness (QED) is 0.203. The number of hydrogen-bond acceptors (Lipinski definition) is 6. The highest BCUT2D eigenvalue weighted by atomic mass is 32.2. The zero-order chi connectivity index (χ0) is 23.5. The zero-order valence-electron chi connectivity index (χ0n) is 18.4. The number of hydrogen-bond donors (Lipinski definition) is 2. The fourth-order valence-electron chi connectivity index (χ4n) is 3.55. The van der Waals surface area contributed by atoms with Gasteiger partial charge in [0.15, 0.2) is 4.34 Å². The maximum absolute atomic E-state index is 12.3. The van der Waals surface area contributed by atoms with Crippen molar-refractivity contribution in [3.05, 3.63) is 90.0 Å². The number of amides is 1. The van der Waals surface area contributed by atoms with E-state index in [0.29, 0.717) is 11.3 Å². The summed E-state index contributed by atoms with van der Waals surface area (Å²) in [6, 6.07) is 25.0. The molecule has 0 atom stereocenters. The number of nitrogens with zero attached hydrogens (tertiary/aromatic N) is 2. The van der Waals surface area contributed by atoms with Crippen LogP contribution in [-0.4, -0.2) is 28.0 Å². The number of nitrogens with one attached hydrogen (secondary N) is 1. The molecule has 5 rings (SSSR count). The van der Waals surface area contributed by atoms with Gasteiger partial charge in [0.2, 0.25) is 5.91 Å². The molecule has 1 amide bonds. The molecule has 4 aromatic carbocycles. The summed E-state index contributed by atoms with van der Waals surface area (Å²) in [6.45, 7) is 2.01. The molecular weight excluding hydrogens is 462 g/mol. The minimum atomic E-state index is -0.0618. The molecule has 5 nitrogen and oxygen atoms in total. The number of carbonyl (C=O) groups excluding carboxylic acids is 1. The summed E-state index contributed by atoms with van der Waals surface area (Å²) in [5, 5.41) is 15.2. The normalized spacial score (nSPS) is 11.4. The minimum absolute atomic E-state index is 0.0618. The number of rotatable bonds is 6. The van der Waals surface area contributed by atoms with Gasteiger partial charge in [0, 0.05) is 17.5 Å². The third kappa shape index (κ3) is 4.95. The van der Waals surface area contributed by atoms with Crippen molar-refractivity contribution in [3.8, 4) is 5.75 Å². The Bertz CT molecular complexity index is 1520. The molecule has 0 radical (unpaired) electrons. The number of aliphatic imine (C=N–C) groups is 1. The highest BCUT2D eigenvalue weighted by Crippen LogP contribution is 2.32. The van der Waals surface area contributed by atoms with E-state index in [4.69, 9.17) is 0 Å². The molecule has 34 heavy (non-hydrogen) atoms. The molecule has 1 heterocycles. The van der Waals surface area contributed by atoms with Crippen LogP contribution in [0.25, 0.3) is 21.0 Å². The van der Waals surface area contributed by atoms with E-state index in [2.05, 4.69) is 15.3 Å². The summed E-state index contributed by atoms with van der Waals surface area (Å²) in [6.07, 6.45) is 1.70. The molecule has 0 aliphatic rings. The van der Waals surface area contributed by atoms with Crippen molar-refractivity contribution >= 4 is 67.6 Å². The van der Waals surface area contributed by atoms with E-state index >= 15 is 0 Å². The summed E-state index contributed by atoms with van der Waals surface area (Å²) in [5.41, 5.74) is 4.29. The topological polar surface area (TPSA) is 74.6 Å². The first-order valence-electron chi connectivity index (χ1n) is 10.7. The van der Waals surface area contributed by atoms with Crippen LogP contribution < -0.4 is 5.32 Å². The second-order valence-electron chi connectivity index (χ2n) is 7.81. The predicted octanol–water partition coefficient (Wildman–Crippen LogP) is 6.94. The van der Waals surface area contributed by atoms with E-state index in [9.17, 15) is 9.90 Å². The molecule has 5 aromatic rings. The molecule has 0 fully saturated rings. The Labute approximate surface area is 205 Å². The Morgan fingerprint density at radius 1 is 1.09 bits per heavy atom. The van der Waals surface area contributed by atoms with Crippen molar-refractivity contribution in [1.82, 2.24) is 4.98 Å².